The second-order valence-corrected chi connectivity index (χ2v) is 4.60. The topological polar surface area (TPSA) is 31.2 Å². The molecule has 0 N–H and O–H groups in total. The maximum Gasteiger partial charge on any atom is 0.0957 e. The molecule has 0 aromatic carbocycles. The summed E-state index contributed by atoms with van der Waals surface area (Å²) >= 11 is 0. The Morgan fingerprint density at radius 3 is 1.75 bits per heavy atom. The normalized spacial score (nSPS) is 21.3. The second-order valence-electron chi connectivity index (χ2n) is 2.47. The van der Waals surface area contributed by atoms with Gasteiger partial charge in [0, 0.05) is 22.0 Å². The highest BCUT2D eigenvalue weighted by molar-refractivity contribution is 8.75. The summed E-state index contributed by atoms with van der Waals surface area (Å²) in [7, 11) is 3.43. The van der Waals surface area contributed by atoms with E-state index in [0.29, 0.717) is 0 Å². The first-order valence-corrected chi connectivity index (χ1v) is 5.89. The molecule has 2 heterocycles. The molecule has 2 aliphatic heterocycles. The Balaban J connectivity index is 1.67. The van der Waals surface area contributed by atoms with Crippen LogP contribution in [0.3, 0.4) is 0 Å². The van der Waals surface area contributed by atoms with Crippen molar-refractivity contribution in [3.8, 4) is 0 Å². The number of hydrogen-bond acceptors (Lipinski definition) is 6. The molecule has 0 saturated heterocycles. The molecule has 0 aliphatic carbocycles. The molecule has 0 spiro atoms. The van der Waals surface area contributed by atoms with Crippen LogP contribution in [0.25, 0.3) is 0 Å². The molecule has 6 heteroatoms. The van der Waals surface area contributed by atoms with Gasteiger partial charge in [-0.25, -0.2) is 0 Å². The predicted octanol–water partition coefficient (Wildman–Crippen LogP) is 0.886. The maximum absolute atomic E-state index is 4.12. The molecule has 0 unspecified atom stereocenters. The Morgan fingerprint density at radius 2 is 1.42 bits per heavy atom. The van der Waals surface area contributed by atoms with Gasteiger partial charge in [-0.3, -0.25) is 18.6 Å². The van der Waals surface area contributed by atoms with E-state index in [0.717, 1.165) is 26.2 Å². The molecule has 0 fully saturated rings. The van der Waals surface area contributed by atoms with Crippen LogP contribution in [0.15, 0.2) is 9.98 Å². The van der Waals surface area contributed by atoms with Crippen LogP contribution in [0.2, 0.25) is 0 Å². The van der Waals surface area contributed by atoms with E-state index in [4.69, 9.17) is 0 Å². The van der Waals surface area contributed by atoms with Gasteiger partial charge in [-0.2, -0.15) is 0 Å². The van der Waals surface area contributed by atoms with Gasteiger partial charge >= 0.3 is 0 Å². The van der Waals surface area contributed by atoms with Gasteiger partial charge in [0.25, 0.3) is 0 Å². The monoisotopic (exact) mass is 202 g/mol. The van der Waals surface area contributed by atoms with E-state index >= 15 is 0 Å². The van der Waals surface area contributed by atoms with E-state index in [-0.39, 0.29) is 0 Å². The van der Waals surface area contributed by atoms with Crippen LogP contribution in [0.5, 0.6) is 0 Å². The third-order valence-electron chi connectivity index (χ3n) is 1.54. The Bertz CT molecular complexity index is 184. The van der Waals surface area contributed by atoms with E-state index in [1.807, 2.05) is 12.7 Å². The summed E-state index contributed by atoms with van der Waals surface area (Å²) in [5.41, 5.74) is 0. The molecule has 0 aromatic rings. The van der Waals surface area contributed by atoms with Crippen molar-refractivity contribution in [2.45, 2.75) is 0 Å². The molecule has 66 valence electrons. The summed E-state index contributed by atoms with van der Waals surface area (Å²) < 4.78 is 4.27. The molecule has 0 atom stereocenters. The molecule has 2 rings (SSSR count). The largest absolute Gasteiger partial charge is 0.295 e. The lowest BCUT2D eigenvalue weighted by Gasteiger charge is -2.15. The van der Waals surface area contributed by atoms with Gasteiger partial charge in [0.15, 0.2) is 0 Å². The fourth-order valence-corrected chi connectivity index (χ4v) is 2.81. The number of nitrogens with zero attached hydrogens (tertiary/aromatic N) is 4. The lowest BCUT2D eigenvalue weighted by molar-refractivity contribution is 0.744. The molecule has 0 bridgehead atoms. The Kier molecular flexibility index (Phi) is 2.78. The predicted molar refractivity (Wildman–Crippen MR) is 55.3 cm³/mol. The Labute approximate surface area is 79.8 Å². The molecule has 2 aliphatic rings. The molecule has 0 aromatic heterocycles. The minimum Gasteiger partial charge on any atom is -0.295 e. The minimum atomic E-state index is 0.932. The highest BCUT2D eigenvalue weighted by Crippen LogP contribution is 2.29. The van der Waals surface area contributed by atoms with Gasteiger partial charge in [0.1, 0.15) is 0 Å². The standard InChI is InChI=1S/C6H10N4S2/c1-3-9(5-7-1)11-12-10-4-2-8-6-10/h5-6H,1-4H2. The van der Waals surface area contributed by atoms with Gasteiger partial charge in [-0.15, -0.1) is 0 Å². The average molecular weight is 202 g/mol. The maximum atomic E-state index is 4.12. The summed E-state index contributed by atoms with van der Waals surface area (Å²) in [4.78, 5) is 8.25. The zero-order chi connectivity index (χ0) is 8.23. The summed E-state index contributed by atoms with van der Waals surface area (Å²) in [5.74, 6) is 0. The molecule has 0 saturated carbocycles. The number of hydrogen-bond donors (Lipinski definition) is 0. The van der Waals surface area contributed by atoms with E-state index in [1.54, 1.807) is 22.0 Å². The van der Waals surface area contributed by atoms with Crippen molar-refractivity contribution in [2.75, 3.05) is 26.2 Å². The molecule has 4 nitrogen and oxygen atoms in total. The van der Waals surface area contributed by atoms with Crippen LogP contribution in [0.4, 0.5) is 0 Å². The van der Waals surface area contributed by atoms with Gasteiger partial charge in [-0.05, 0) is 0 Å². The molecule has 0 radical (unpaired) electrons. The lowest BCUT2D eigenvalue weighted by atomic mass is 10.7. The van der Waals surface area contributed by atoms with Crippen LogP contribution in [0.1, 0.15) is 0 Å². The van der Waals surface area contributed by atoms with Crippen molar-refractivity contribution < 1.29 is 0 Å². The number of aliphatic imine (C=N–C) groups is 2. The Hall–Kier alpha value is -0.360. The van der Waals surface area contributed by atoms with Gasteiger partial charge in [-0.1, -0.05) is 0 Å². The van der Waals surface area contributed by atoms with Crippen molar-refractivity contribution in [1.29, 1.82) is 0 Å². The third-order valence-corrected chi connectivity index (χ3v) is 3.90. The summed E-state index contributed by atoms with van der Waals surface area (Å²) in [6, 6.07) is 0. The SMILES string of the molecule is C1=NCCN1SSN1C=NCC1. The van der Waals surface area contributed by atoms with Gasteiger partial charge in [0.2, 0.25) is 0 Å². The minimum absolute atomic E-state index is 0.932. The van der Waals surface area contributed by atoms with Crippen LogP contribution in [-0.2, 0) is 0 Å². The first-order chi connectivity index (χ1) is 5.95. The third kappa shape index (κ3) is 2.07. The van der Waals surface area contributed by atoms with Gasteiger partial charge < -0.3 is 0 Å². The van der Waals surface area contributed by atoms with E-state index in [1.165, 1.54) is 0 Å². The van der Waals surface area contributed by atoms with Crippen molar-refractivity contribution >= 4 is 34.6 Å². The fourth-order valence-electron chi connectivity index (χ4n) is 0.924. The van der Waals surface area contributed by atoms with Crippen LogP contribution >= 0.6 is 22.0 Å². The van der Waals surface area contributed by atoms with Crippen molar-refractivity contribution in [2.24, 2.45) is 9.98 Å². The van der Waals surface area contributed by atoms with E-state index in [2.05, 4.69) is 18.6 Å². The summed E-state index contributed by atoms with van der Waals surface area (Å²) in [5, 5.41) is 0. The Morgan fingerprint density at radius 1 is 0.917 bits per heavy atom. The zero-order valence-electron chi connectivity index (χ0n) is 6.59. The lowest BCUT2D eigenvalue weighted by Crippen LogP contribution is -2.13. The van der Waals surface area contributed by atoms with Crippen molar-refractivity contribution in [3.05, 3.63) is 0 Å². The molecular weight excluding hydrogens is 192 g/mol. The molecular formula is C6H10N4S2. The van der Waals surface area contributed by atoms with Crippen molar-refractivity contribution in [3.63, 3.8) is 0 Å². The van der Waals surface area contributed by atoms with Crippen LogP contribution < -0.4 is 0 Å². The van der Waals surface area contributed by atoms with Crippen LogP contribution in [-0.4, -0.2) is 47.5 Å². The zero-order valence-corrected chi connectivity index (χ0v) is 8.22. The number of rotatable bonds is 3. The molecule has 12 heavy (non-hydrogen) atoms. The highest BCUT2D eigenvalue weighted by Gasteiger charge is 2.11. The van der Waals surface area contributed by atoms with Gasteiger partial charge in [0.05, 0.1) is 38.9 Å². The van der Waals surface area contributed by atoms with E-state index in [9.17, 15) is 0 Å². The van der Waals surface area contributed by atoms with Crippen LogP contribution in [0, 0.1) is 0 Å². The second kappa shape index (κ2) is 4.04. The first-order valence-electron chi connectivity index (χ1n) is 3.83. The summed E-state index contributed by atoms with van der Waals surface area (Å²) in [6.45, 7) is 3.93. The van der Waals surface area contributed by atoms with E-state index < -0.39 is 0 Å². The highest BCUT2D eigenvalue weighted by atomic mass is 33.1. The van der Waals surface area contributed by atoms with Crippen molar-refractivity contribution in [1.82, 2.24) is 8.61 Å². The smallest absolute Gasteiger partial charge is 0.0957 e. The summed E-state index contributed by atoms with van der Waals surface area (Å²) in [6.07, 6.45) is 3.79. The molecule has 0 amide bonds. The quantitative estimate of drug-likeness (QED) is 0.502. The average Bonchev–Trinajstić information content (AvgIpc) is 2.74. The fraction of sp³-hybridized carbons (Fsp3) is 0.667. The first kappa shape index (κ1) is 8.25.